The predicted molar refractivity (Wildman–Crippen MR) is 82.0 cm³/mol. The normalized spacial score (nSPS) is 11.8. The van der Waals surface area contributed by atoms with Gasteiger partial charge in [-0.15, -0.1) is 11.8 Å². The van der Waals surface area contributed by atoms with Crippen molar-refractivity contribution in [2.75, 3.05) is 6.26 Å². The number of H-pyrrole nitrogens is 1. The molecule has 3 nitrogen and oxygen atoms in total. The maximum atomic E-state index is 12.9. The number of para-hydroxylation sites is 1. The van der Waals surface area contributed by atoms with Gasteiger partial charge in [-0.25, -0.2) is 8.42 Å². The van der Waals surface area contributed by atoms with Gasteiger partial charge in [0.25, 0.3) is 0 Å². The summed E-state index contributed by atoms with van der Waals surface area (Å²) in [5.41, 5.74) is 0.839. The van der Waals surface area contributed by atoms with Crippen LogP contribution in [-0.4, -0.2) is 19.7 Å². The number of thioether (sulfide) groups is 1. The van der Waals surface area contributed by atoms with Crippen molar-refractivity contribution in [3.63, 3.8) is 0 Å². The van der Waals surface area contributed by atoms with Crippen molar-refractivity contribution in [2.45, 2.75) is 14.8 Å². The molecule has 0 atom stereocenters. The molecule has 0 amide bonds. The summed E-state index contributed by atoms with van der Waals surface area (Å²) in [6.45, 7) is 0. The number of hydrogen-bond donors (Lipinski definition) is 1. The van der Waals surface area contributed by atoms with Crippen LogP contribution in [0, 0.1) is 0 Å². The van der Waals surface area contributed by atoms with Gasteiger partial charge >= 0.3 is 0 Å². The molecule has 0 unspecified atom stereocenters. The van der Waals surface area contributed by atoms with Crippen LogP contribution in [0.5, 0.6) is 0 Å². The van der Waals surface area contributed by atoms with E-state index in [9.17, 15) is 8.42 Å². The summed E-state index contributed by atoms with van der Waals surface area (Å²) < 4.78 is 25.7. The third-order valence-electron chi connectivity index (χ3n) is 3.15. The van der Waals surface area contributed by atoms with Gasteiger partial charge in [-0.05, 0) is 24.5 Å². The van der Waals surface area contributed by atoms with Crippen molar-refractivity contribution in [1.29, 1.82) is 0 Å². The molecular weight excluding hydrogens is 290 g/mol. The van der Waals surface area contributed by atoms with Crippen molar-refractivity contribution in [1.82, 2.24) is 4.98 Å². The average Bonchev–Trinajstić information content (AvgIpc) is 2.87. The molecule has 0 spiro atoms. The number of aromatic nitrogens is 1. The number of rotatable bonds is 3. The summed E-state index contributed by atoms with van der Waals surface area (Å²) in [5, 5.41) is 1.41. The van der Waals surface area contributed by atoms with E-state index in [-0.39, 0.29) is 0 Å². The maximum absolute atomic E-state index is 12.9. The highest BCUT2D eigenvalue weighted by atomic mass is 32.2. The second kappa shape index (κ2) is 5.00. The Morgan fingerprint density at radius 3 is 2.30 bits per heavy atom. The summed E-state index contributed by atoms with van der Waals surface area (Å²) >= 11 is 1.41. The van der Waals surface area contributed by atoms with Crippen LogP contribution in [-0.2, 0) is 9.84 Å². The van der Waals surface area contributed by atoms with Gasteiger partial charge < -0.3 is 4.98 Å². The first kappa shape index (κ1) is 13.3. The van der Waals surface area contributed by atoms with E-state index >= 15 is 0 Å². The fourth-order valence-electron chi connectivity index (χ4n) is 2.22. The first-order valence-corrected chi connectivity index (χ1v) is 8.80. The number of hydrogen-bond acceptors (Lipinski definition) is 3. The van der Waals surface area contributed by atoms with E-state index in [1.54, 1.807) is 24.3 Å². The lowest BCUT2D eigenvalue weighted by Crippen LogP contribution is -2.02. The van der Waals surface area contributed by atoms with Crippen molar-refractivity contribution in [3.05, 3.63) is 54.6 Å². The molecule has 1 aromatic heterocycles. The standard InChI is InChI=1S/C15H13NO2S2/c1-19-15-14(12-9-5-6-10-13(12)16-15)20(17,18)11-7-3-2-4-8-11/h2-10,16H,1H3. The smallest absolute Gasteiger partial charge is 0.209 e. The molecule has 1 N–H and O–H groups in total. The maximum Gasteiger partial charge on any atom is 0.209 e. The minimum atomic E-state index is -3.52. The second-order valence-corrected chi connectivity index (χ2v) is 7.05. The van der Waals surface area contributed by atoms with Gasteiger partial charge in [-0.1, -0.05) is 36.4 Å². The van der Waals surface area contributed by atoms with Crippen LogP contribution in [0.4, 0.5) is 0 Å². The van der Waals surface area contributed by atoms with Crippen molar-refractivity contribution in [2.24, 2.45) is 0 Å². The largest absolute Gasteiger partial charge is 0.349 e. The highest BCUT2D eigenvalue weighted by molar-refractivity contribution is 7.99. The van der Waals surface area contributed by atoms with E-state index in [1.165, 1.54) is 11.8 Å². The van der Waals surface area contributed by atoms with Gasteiger partial charge in [0, 0.05) is 10.9 Å². The van der Waals surface area contributed by atoms with Crippen LogP contribution in [0.3, 0.4) is 0 Å². The average molecular weight is 303 g/mol. The third kappa shape index (κ3) is 2.03. The Kier molecular flexibility index (Phi) is 3.31. The van der Waals surface area contributed by atoms with Crippen LogP contribution < -0.4 is 0 Å². The van der Waals surface area contributed by atoms with Gasteiger partial charge in [0.05, 0.1) is 9.92 Å². The molecule has 102 valence electrons. The van der Waals surface area contributed by atoms with Crippen LogP contribution in [0.15, 0.2) is 69.4 Å². The lowest BCUT2D eigenvalue weighted by molar-refractivity contribution is 0.595. The molecule has 2 aromatic carbocycles. The van der Waals surface area contributed by atoms with Crippen molar-refractivity contribution >= 4 is 32.5 Å². The number of benzene rings is 2. The van der Waals surface area contributed by atoms with E-state index in [0.29, 0.717) is 14.8 Å². The number of aromatic amines is 1. The second-order valence-electron chi connectivity index (χ2n) is 4.35. The molecule has 3 aromatic rings. The Hall–Kier alpha value is -1.72. The molecule has 0 aliphatic carbocycles. The summed E-state index contributed by atoms with van der Waals surface area (Å²) in [4.78, 5) is 3.86. The zero-order valence-electron chi connectivity index (χ0n) is 10.8. The lowest BCUT2D eigenvalue weighted by Gasteiger charge is -2.05. The summed E-state index contributed by atoms with van der Waals surface area (Å²) in [7, 11) is -3.52. The highest BCUT2D eigenvalue weighted by Gasteiger charge is 2.25. The van der Waals surface area contributed by atoms with Gasteiger partial charge in [0.1, 0.15) is 4.90 Å². The Bertz CT molecular complexity index is 852. The van der Waals surface area contributed by atoms with Gasteiger partial charge in [0.15, 0.2) is 0 Å². The predicted octanol–water partition coefficient (Wildman–Crippen LogP) is 3.72. The van der Waals surface area contributed by atoms with E-state index in [4.69, 9.17) is 0 Å². The van der Waals surface area contributed by atoms with E-state index < -0.39 is 9.84 Å². The van der Waals surface area contributed by atoms with Gasteiger partial charge in [-0.2, -0.15) is 0 Å². The fourth-order valence-corrected chi connectivity index (χ4v) is 4.82. The lowest BCUT2D eigenvalue weighted by atomic mass is 10.2. The quantitative estimate of drug-likeness (QED) is 0.750. The molecule has 5 heteroatoms. The number of nitrogens with one attached hydrogen (secondary N) is 1. The van der Waals surface area contributed by atoms with Crippen molar-refractivity contribution in [3.8, 4) is 0 Å². The highest BCUT2D eigenvalue weighted by Crippen LogP contribution is 2.35. The Morgan fingerprint density at radius 2 is 1.60 bits per heavy atom. The van der Waals surface area contributed by atoms with Gasteiger partial charge in [-0.3, -0.25) is 0 Å². The summed E-state index contributed by atoms with van der Waals surface area (Å²) in [5.74, 6) is 0. The minimum Gasteiger partial charge on any atom is -0.349 e. The van der Waals surface area contributed by atoms with Crippen LogP contribution in [0.25, 0.3) is 10.9 Å². The van der Waals surface area contributed by atoms with Crippen molar-refractivity contribution < 1.29 is 8.42 Å². The molecule has 0 radical (unpaired) electrons. The zero-order chi connectivity index (χ0) is 14.2. The van der Waals surface area contributed by atoms with Crippen LogP contribution in [0.1, 0.15) is 0 Å². The molecule has 0 bridgehead atoms. The number of sulfone groups is 1. The SMILES string of the molecule is CSc1[nH]c2ccccc2c1S(=O)(=O)c1ccccc1. The topological polar surface area (TPSA) is 49.9 Å². The van der Waals surface area contributed by atoms with E-state index in [2.05, 4.69) is 4.98 Å². The first-order valence-electron chi connectivity index (χ1n) is 6.09. The Labute approximate surface area is 121 Å². The summed E-state index contributed by atoms with van der Waals surface area (Å²) in [6.07, 6.45) is 1.87. The van der Waals surface area contributed by atoms with Crippen LogP contribution in [0.2, 0.25) is 0 Å². The molecule has 0 aliphatic rings. The molecule has 0 aliphatic heterocycles. The van der Waals surface area contributed by atoms with E-state index in [1.807, 2.05) is 36.6 Å². The monoisotopic (exact) mass is 303 g/mol. The zero-order valence-corrected chi connectivity index (χ0v) is 12.5. The molecule has 0 fully saturated rings. The Morgan fingerprint density at radius 1 is 0.950 bits per heavy atom. The third-order valence-corrected chi connectivity index (χ3v) is 5.85. The van der Waals surface area contributed by atoms with Crippen LogP contribution >= 0.6 is 11.8 Å². The molecule has 0 saturated heterocycles. The minimum absolute atomic E-state index is 0.319. The summed E-state index contributed by atoms with van der Waals surface area (Å²) in [6, 6.07) is 16.0. The molecule has 1 heterocycles. The molecule has 20 heavy (non-hydrogen) atoms. The Balaban J connectivity index is 2.34. The fraction of sp³-hybridized carbons (Fsp3) is 0.0667. The molecule has 0 saturated carbocycles. The van der Waals surface area contributed by atoms with E-state index in [0.717, 1.165) is 10.9 Å². The van der Waals surface area contributed by atoms with Gasteiger partial charge in [0.2, 0.25) is 9.84 Å². The number of fused-ring (bicyclic) bond motifs is 1. The molecular formula is C15H13NO2S2. The molecule has 3 rings (SSSR count). The first-order chi connectivity index (χ1) is 9.64.